The molecule has 0 unspecified atom stereocenters. The fourth-order valence-corrected chi connectivity index (χ4v) is 3.34. The first kappa shape index (κ1) is 14.4. The maximum atomic E-state index is 13.1. The maximum Gasteiger partial charge on any atom is 0.187 e. The lowest BCUT2D eigenvalue weighted by Gasteiger charge is -2.15. The van der Waals surface area contributed by atoms with Crippen LogP contribution < -0.4 is 0 Å². The molecule has 100 valence electrons. The number of benzene rings is 1. The summed E-state index contributed by atoms with van der Waals surface area (Å²) in [6, 6.07) is 8.30. The largest absolute Gasteiger partial charge is 0.295 e. The zero-order chi connectivity index (χ0) is 13.8. The van der Waals surface area contributed by atoms with Gasteiger partial charge >= 0.3 is 0 Å². The highest BCUT2D eigenvalue weighted by Gasteiger charge is 2.14. The van der Waals surface area contributed by atoms with Crippen LogP contribution in [-0.2, 0) is 6.54 Å². The predicted molar refractivity (Wildman–Crippen MR) is 79.1 cm³/mol. The normalized spacial score (nSPS) is 10.9. The van der Waals surface area contributed by atoms with Crippen LogP contribution in [0.4, 0.5) is 4.39 Å². The molecule has 2 rings (SSSR count). The summed E-state index contributed by atoms with van der Waals surface area (Å²) < 4.78 is 13.9. The van der Waals surface area contributed by atoms with Crippen LogP contribution in [-0.4, -0.2) is 24.3 Å². The molecule has 0 fully saturated rings. The summed E-state index contributed by atoms with van der Waals surface area (Å²) in [5.41, 5.74) is 0.862. The van der Waals surface area contributed by atoms with Gasteiger partial charge in [-0.2, -0.15) is 0 Å². The molecule has 1 aromatic heterocycles. The van der Waals surface area contributed by atoms with Crippen LogP contribution in [0.15, 0.2) is 40.2 Å². The Morgan fingerprint density at radius 2 is 2.21 bits per heavy atom. The molecule has 0 radical (unpaired) electrons. The van der Waals surface area contributed by atoms with Gasteiger partial charge in [0.2, 0.25) is 0 Å². The van der Waals surface area contributed by atoms with Gasteiger partial charge in [-0.1, -0.05) is 12.1 Å². The van der Waals surface area contributed by atoms with Gasteiger partial charge in [0.1, 0.15) is 5.82 Å². The van der Waals surface area contributed by atoms with Crippen LogP contribution in [0, 0.1) is 5.82 Å². The summed E-state index contributed by atoms with van der Waals surface area (Å²) >= 11 is 4.78. The molecule has 0 bridgehead atoms. The second-order valence-electron chi connectivity index (χ2n) is 4.32. The highest BCUT2D eigenvalue weighted by molar-refractivity contribution is 9.10. The molecule has 0 N–H and O–H groups in total. The molecule has 5 heteroatoms. The van der Waals surface area contributed by atoms with E-state index in [1.807, 2.05) is 29.5 Å². The van der Waals surface area contributed by atoms with Crippen LogP contribution in [0.5, 0.6) is 0 Å². The smallest absolute Gasteiger partial charge is 0.187 e. The zero-order valence-electron chi connectivity index (χ0n) is 10.4. The van der Waals surface area contributed by atoms with Crippen molar-refractivity contribution in [3.05, 3.63) is 56.4 Å². The lowest BCUT2D eigenvalue weighted by atomic mass is 10.2. The number of thiophene rings is 1. The summed E-state index contributed by atoms with van der Waals surface area (Å²) in [7, 11) is 1.85. The number of carbonyl (C=O) groups excluding carboxylic acids is 1. The molecule has 0 saturated heterocycles. The van der Waals surface area contributed by atoms with Gasteiger partial charge in [0.05, 0.1) is 11.4 Å². The molecular weight excluding hydrogens is 329 g/mol. The minimum atomic E-state index is -0.252. The summed E-state index contributed by atoms with van der Waals surface area (Å²) in [4.78, 5) is 14.7. The van der Waals surface area contributed by atoms with E-state index in [1.54, 1.807) is 6.07 Å². The first-order chi connectivity index (χ1) is 9.06. The molecule has 2 nitrogen and oxygen atoms in total. The van der Waals surface area contributed by atoms with Gasteiger partial charge in [0, 0.05) is 11.0 Å². The van der Waals surface area contributed by atoms with Crippen molar-refractivity contribution in [1.82, 2.24) is 4.90 Å². The molecule has 0 aliphatic carbocycles. The number of rotatable bonds is 5. The Balaban J connectivity index is 1.96. The SMILES string of the molecule is CN(CC(=O)c1sccc1Br)Cc1cccc(F)c1. The van der Waals surface area contributed by atoms with E-state index in [9.17, 15) is 9.18 Å². The van der Waals surface area contributed by atoms with Gasteiger partial charge in [0.25, 0.3) is 0 Å². The van der Waals surface area contributed by atoms with Crippen LogP contribution in [0.25, 0.3) is 0 Å². The van der Waals surface area contributed by atoms with E-state index in [0.29, 0.717) is 13.1 Å². The van der Waals surface area contributed by atoms with Gasteiger partial charge in [-0.25, -0.2) is 4.39 Å². The summed E-state index contributed by atoms with van der Waals surface area (Å²) in [6.07, 6.45) is 0. The van der Waals surface area contributed by atoms with Gasteiger partial charge in [-0.3, -0.25) is 9.69 Å². The van der Waals surface area contributed by atoms with Crippen LogP contribution in [0.3, 0.4) is 0 Å². The number of Topliss-reactive ketones (excluding diaryl/α,β-unsaturated/α-hetero) is 1. The van der Waals surface area contributed by atoms with Gasteiger partial charge in [-0.05, 0) is 52.1 Å². The van der Waals surface area contributed by atoms with Crippen molar-refractivity contribution in [3.63, 3.8) is 0 Å². The molecule has 0 aliphatic heterocycles. The highest BCUT2D eigenvalue weighted by atomic mass is 79.9. The van der Waals surface area contributed by atoms with E-state index >= 15 is 0 Å². The van der Waals surface area contributed by atoms with E-state index in [2.05, 4.69) is 15.9 Å². The number of likely N-dealkylation sites (N-methyl/N-ethyl adjacent to an activating group) is 1. The second kappa shape index (κ2) is 6.41. The predicted octanol–water partition coefficient (Wildman–Crippen LogP) is 3.96. The fraction of sp³-hybridized carbons (Fsp3) is 0.214. The monoisotopic (exact) mass is 341 g/mol. The standard InChI is InChI=1S/C14H13BrFNOS/c1-17(8-10-3-2-4-11(16)7-10)9-13(18)14-12(15)5-6-19-14/h2-7H,8-9H2,1H3. The first-order valence-corrected chi connectivity index (χ1v) is 7.42. The third kappa shape index (κ3) is 3.96. The highest BCUT2D eigenvalue weighted by Crippen LogP contribution is 2.23. The molecule has 1 heterocycles. The minimum absolute atomic E-state index is 0.0702. The first-order valence-electron chi connectivity index (χ1n) is 5.75. The molecule has 2 aromatic rings. The van der Waals surface area contributed by atoms with Crippen molar-refractivity contribution in [2.75, 3.05) is 13.6 Å². The molecule has 0 saturated carbocycles. The Bertz CT molecular complexity index is 584. The Hall–Kier alpha value is -1.04. The Labute approximate surface area is 124 Å². The third-order valence-electron chi connectivity index (χ3n) is 2.63. The van der Waals surface area contributed by atoms with E-state index in [1.165, 1.54) is 23.5 Å². The van der Waals surface area contributed by atoms with Crippen molar-refractivity contribution in [2.45, 2.75) is 6.54 Å². The van der Waals surface area contributed by atoms with Gasteiger partial charge in [0.15, 0.2) is 5.78 Å². The number of hydrogen-bond acceptors (Lipinski definition) is 3. The van der Waals surface area contributed by atoms with Gasteiger partial charge < -0.3 is 0 Å². The molecule has 0 atom stereocenters. The van der Waals surface area contributed by atoms with Crippen molar-refractivity contribution in [1.29, 1.82) is 0 Å². The van der Waals surface area contributed by atoms with Crippen molar-refractivity contribution in [2.24, 2.45) is 0 Å². The Kier molecular flexibility index (Phi) is 4.85. The van der Waals surface area contributed by atoms with E-state index in [0.717, 1.165) is 14.9 Å². The lowest BCUT2D eigenvalue weighted by molar-refractivity contribution is 0.0946. The summed E-state index contributed by atoms with van der Waals surface area (Å²) in [5, 5.41) is 1.88. The third-order valence-corrected chi connectivity index (χ3v) is 4.50. The molecular formula is C14H13BrFNOS. The lowest BCUT2D eigenvalue weighted by Crippen LogP contribution is -2.25. The van der Waals surface area contributed by atoms with Crippen LogP contribution >= 0.6 is 27.3 Å². The van der Waals surface area contributed by atoms with Crippen LogP contribution in [0.2, 0.25) is 0 Å². The average molecular weight is 342 g/mol. The Morgan fingerprint density at radius 3 is 2.84 bits per heavy atom. The molecule has 0 spiro atoms. The number of nitrogens with zero attached hydrogens (tertiary/aromatic N) is 1. The number of halogens is 2. The number of hydrogen-bond donors (Lipinski definition) is 0. The van der Waals surface area contributed by atoms with Crippen molar-refractivity contribution < 1.29 is 9.18 Å². The maximum absolute atomic E-state index is 13.1. The van der Waals surface area contributed by atoms with Crippen molar-refractivity contribution in [3.8, 4) is 0 Å². The topological polar surface area (TPSA) is 20.3 Å². The molecule has 0 amide bonds. The quantitative estimate of drug-likeness (QED) is 0.767. The molecule has 19 heavy (non-hydrogen) atoms. The molecule has 0 aliphatic rings. The summed E-state index contributed by atoms with van der Waals surface area (Å²) in [5.74, 6) is -0.181. The van der Waals surface area contributed by atoms with Gasteiger partial charge in [-0.15, -0.1) is 11.3 Å². The van der Waals surface area contributed by atoms with Crippen LogP contribution in [0.1, 0.15) is 15.2 Å². The molecule has 1 aromatic carbocycles. The minimum Gasteiger partial charge on any atom is -0.295 e. The fourth-order valence-electron chi connectivity index (χ4n) is 1.81. The number of carbonyl (C=O) groups is 1. The van der Waals surface area contributed by atoms with Crippen molar-refractivity contribution >= 4 is 33.0 Å². The van der Waals surface area contributed by atoms with E-state index in [-0.39, 0.29) is 11.6 Å². The second-order valence-corrected chi connectivity index (χ2v) is 6.09. The van der Waals surface area contributed by atoms with E-state index < -0.39 is 0 Å². The summed E-state index contributed by atoms with van der Waals surface area (Å²) in [6.45, 7) is 0.863. The van der Waals surface area contributed by atoms with E-state index in [4.69, 9.17) is 0 Å². The number of ketones is 1. The zero-order valence-corrected chi connectivity index (χ0v) is 12.8. The average Bonchev–Trinajstić information content (AvgIpc) is 2.75. The Morgan fingerprint density at radius 1 is 1.42 bits per heavy atom.